The van der Waals surface area contributed by atoms with Gasteiger partial charge in [0.25, 0.3) is 0 Å². The molecule has 2 aromatic heterocycles. The number of rotatable bonds is 5. The van der Waals surface area contributed by atoms with Gasteiger partial charge >= 0.3 is 0 Å². The Kier molecular flexibility index (Phi) is 4.05. The number of alkyl halides is 1. The smallest absolute Gasteiger partial charge is 0.221 e. The highest BCUT2D eigenvalue weighted by Crippen LogP contribution is 2.41. The zero-order valence-electron chi connectivity index (χ0n) is 14.2. The van der Waals surface area contributed by atoms with E-state index in [2.05, 4.69) is 20.3 Å². The van der Waals surface area contributed by atoms with Crippen LogP contribution in [0.25, 0.3) is 11.3 Å². The topological polar surface area (TPSA) is 131 Å². The molecule has 1 saturated heterocycles. The van der Waals surface area contributed by atoms with Gasteiger partial charge in [0, 0.05) is 18.4 Å². The average molecular weight is 364 g/mol. The Bertz CT molecular complexity index is 809. The van der Waals surface area contributed by atoms with Gasteiger partial charge in [0.1, 0.15) is 18.0 Å². The number of hydrogen-bond acceptors (Lipinski definition) is 8. The normalized spacial score (nSPS) is 31.3. The average Bonchev–Trinajstić information content (AvgIpc) is 3.22. The molecule has 0 bridgehead atoms. The van der Waals surface area contributed by atoms with Crippen LogP contribution in [0.1, 0.15) is 26.0 Å². The zero-order valence-corrected chi connectivity index (χ0v) is 14.2. The number of imidazole rings is 1. The van der Waals surface area contributed by atoms with Gasteiger partial charge in [-0.05, 0) is 19.8 Å². The number of nitrogen functional groups attached to an aromatic ring is 1. The lowest BCUT2D eigenvalue weighted by molar-refractivity contribution is -0.0586. The molecule has 1 aliphatic carbocycles. The van der Waals surface area contributed by atoms with Crippen molar-refractivity contribution >= 4 is 11.8 Å². The first-order valence-corrected chi connectivity index (χ1v) is 8.46. The molecule has 0 aromatic carbocycles. The van der Waals surface area contributed by atoms with Crippen LogP contribution >= 0.6 is 0 Å². The van der Waals surface area contributed by atoms with Crippen LogP contribution in [-0.2, 0) is 4.74 Å². The summed E-state index contributed by atoms with van der Waals surface area (Å²) in [4.78, 5) is 12.5. The second kappa shape index (κ2) is 6.15. The summed E-state index contributed by atoms with van der Waals surface area (Å²) in [5.74, 6) is 0.731. The van der Waals surface area contributed by atoms with Crippen molar-refractivity contribution in [1.82, 2.24) is 19.5 Å². The summed E-state index contributed by atoms with van der Waals surface area (Å²) in [6, 6.07) is 0.359. The fourth-order valence-electron chi connectivity index (χ4n) is 3.11. The van der Waals surface area contributed by atoms with Crippen molar-refractivity contribution in [3.63, 3.8) is 0 Å². The van der Waals surface area contributed by atoms with Crippen molar-refractivity contribution < 1.29 is 19.3 Å². The van der Waals surface area contributed by atoms with Crippen LogP contribution in [0.2, 0.25) is 0 Å². The molecule has 1 saturated carbocycles. The molecule has 9 nitrogen and oxygen atoms in total. The molecule has 4 rings (SSSR count). The summed E-state index contributed by atoms with van der Waals surface area (Å²) >= 11 is 0. The van der Waals surface area contributed by atoms with Gasteiger partial charge in [-0.15, -0.1) is 0 Å². The van der Waals surface area contributed by atoms with E-state index in [0.717, 1.165) is 12.8 Å². The molecule has 0 amide bonds. The first kappa shape index (κ1) is 17.1. The fraction of sp³-hybridized carbons (Fsp3) is 0.562. The summed E-state index contributed by atoms with van der Waals surface area (Å²) < 4.78 is 21.8. The van der Waals surface area contributed by atoms with Gasteiger partial charge in [-0.25, -0.2) is 14.4 Å². The van der Waals surface area contributed by atoms with Crippen LogP contribution in [0.4, 0.5) is 16.2 Å². The first-order valence-electron chi connectivity index (χ1n) is 8.46. The largest absolute Gasteiger partial charge is 0.394 e. The lowest BCUT2D eigenvalue weighted by atomic mass is 9.99. The quantitative estimate of drug-likeness (QED) is 0.602. The molecule has 1 aliphatic heterocycles. The van der Waals surface area contributed by atoms with Gasteiger partial charge in [0.05, 0.1) is 24.2 Å². The minimum atomic E-state index is -2.07. The molecular formula is C16H21FN6O3. The zero-order chi connectivity index (χ0) is 18.5. The molecule has 3 heterocycles. The predicted molar refractivity (Wildman–Crippen MR) is 90.8 cm³/mol. The summed E-state index contributed by atoms with van der Waals surface area (Å²) in [5, 5.41) is 22.6. The number of nitrogens with one attached hydrogen (secondary N) is 1. The SMILES string of the molecule is C[C@@]1(F)C(O)[C@@H](CO)O[C@H]1n1cnc(-c2cnc(N)nc2NC2CC2)c1. The van der Waals surface area contributed by atoms with Gasteiger partial charge in [-0.1, -0.05) is 0 Å². The number of nitrogens with two attached hydrogens (primary N) is 1. The van der Waals surface area contributed by atoms with E-state index >= 15 is 0 Å². The number of nitrogens with zero attached hydrogens (tertiary/aromatic N) is 4. The van der Waals surface area contributed by atoms with E-state index in [-0.39, 0.29) is 5.95 Å². The molecule has 2 aromatic rings. The van der Waals surface area contributed by atoms with E-state index in [9.17, 15) is 14.6 Å². The number of aliphatic hydroxyl groups excluding tert-OH is 2. The van der Waals surface area contributed by atoms with Gasteiger partial charge in [-0.2, -0.15) is 4.98 Å². The van der Waals surface area contributed by atoms with Crippen molar-refractivity contribution in [3.05, 3.63) is 18.7 Å². The summed E-state index contributed by atoms with van der Waals surface area (Å²) in [6.07, 6.45) is 3.18. The van der Waals surface area contributed by atoms with Gasteiger partial charge in [-0.3, -0.25) is 0 Å². The van der Waals surface area contributed by atoms with E-state index in [1.54, 1.807) is 12.4 Å². The minimum Gasteiger partial charge on any atom is -0.394 e. The third-order valence-electron chi connectivity index (χ3n) is 4.77. The van der Waals surface area contributed by atoms with Crippen molar-refractivity contribution in [3.8, 4) is 11.3 Å². The van der Waals surface area contributed by atoms with E-state index in [1.807, 2.05) is 0 Å². The van der Waals surface area contributed by atoms with Gasteiger partial charge in [0.2, 0.25) is 5.95 Å². The second-order valence-electron chi connectivity index (χ2n) is 6.92. The molecule has 1 unspecified atom stereocenters. The highest BCUT2D eigenvalue weighted by Gasteiger charge is 2.54. The van der Waals surface area contributed by atoms with Gasteiger partial charge < -0.3 is 30.6 Å². The number of anilines is 2. The third kappa shape index (κ3) is 2.89. The van der Waals surface area contributed by atoms with Crippen molar-refractivity contribution in [2.24, 2.45) is 0 Å². The molecule has 26 heavy (non-hydrogen) atoms. The standard InChI is InChI=1S/C16H21FN6O3/c1-16(17)12(25)11(6-24)26-14(16)23-5-10(20-7-23)9-4-19-15(18)22-13(9)21-8-2-3-8/h4-5,7-8,11-12,14,24-25H,2-3,6H2,1H3,(H3,18,19,21,22)/t11-,12?,14-,16-/m1/s1. The number of ether oxygens (including phenoxy) is 1. The Morgan fingerprint density at radius 2 is 2.23 bits per heavy atom. The predicted octanol–water partition coefficient (Wildman–Crippen LogP) is 0.475. The van der Waals surface area contributed by atoms with Crippen molar-refractivity contribution in [1.29, 1.82) is 0 Å². The second-order valence-corrected chi connectivity index (χ2v) is 6.92. The van der Waals surface area contributed by atoms with E-state index < -0.39 is 30.7 Å². The lowest BCUT2D eigenvalue weighted by Gasteiger charge is -2.24. The molecule has 140 valence electrons. The third-order valence-corrected chi connectivity index (χ3v) is 4.77. The van der Waals surface area contributed by atoms with Crippen molar-refractivity contribution in [2.45, 2.75) is 49.9 Å². The van der Waals surface area contributed by atoms with Gasteiger partial charge in [0.15, 0.2) is 11.9 Å². The van der Waals surface area contributed by atoms with Crippen LogP contribution in [0, 0.1) is 0 Å². The van der Waals surface area contributed by atoms with Crippen LogP contribution in [0.15, 0.2) is 18.7 Å². The minimum absolute atomic E-state index is 0.153. The molecule has 0 radical (unpaired) electrons. The summed E-state index contributed by atoms with van der Waals surface area (Å²) in [7, 11) is 0. The number of aliphatic hydroxyl groups is 2. The maximum Gasteiger partial charge on any atom is 0.221 e. The maximum absolute atomic E-state index is 14.9. The highest BCUT2D eigenvalue weighted by atomic mass is 19.1. The summed E-state index contributed by atoms with van der Waals surface area (Å²) in [5.41, 5.74) is 4.77. The molecular weight excluding hydrogens is 343 g/mol. The Balaban J connectivity index is 1.65. The van der Waals surface area contributed by atoms with Crippen LogP contribution in [-0.4, -0.2) is 60.3 Å². The van der Waals surface area contributed by atoms with Crippen molar-refractivity contribution in [2.75, 3.05) is 17.7 Å². The number of hydrogen-bond donors (Lipinski definition) is 4. The van der Waals surface area contributed by atoms with Crippen LogP contribution < -0.4 is 11.1 Å². The highest BCUT2D eigenvalue weighted by molar-refractivity contribution is 5.72. The Morgan fingerprint density at radius 1 is 1.46 bits per heavy atom. The fourth-order valence-corrected chi connectivity index (χ4v) is 3.11. The molecule has 10 heteroatoms. The van der Waals surface area contributed by atoms with Crippen LogP contribution in [0.3, 0.4) is 0 Å². The van der Waals surface area contributed by atoms with Crippen LogP contribution in [0.5, 0.6) is 0 Å². The van der Waals surface area contributed by atoms with E-state index in [4.69, 9.17) is 10.5 Å². The Morgan fingerprint density at radius 3 is 2.88 bits per heavy atom. The molecule has 2 fully saturated rings. The molecule has 5 N–H and O–H groups in total. The first-order chi connectivity index (χ1) is 12.4. The number of halogens is 1. The number of aromatic nitrogens is 4. The van der Waals surface area contributed by atoms with E-state index in [1.165, 1.54) is 17.8 Å². The van der Waals surface area contributed by atoms with E-state index in [0.29, 0.717) is 23.1 Å². The molecule has 4 atom stereocenters. The molecule has 0 spiro atoms. The maximum atomic E-state index is 14.9. The summed E-state index contributed by atoms with van der Waals surface area (Å²) in [6.45, 7) is 0.768. The Hall–Kier alpha value is -2.30. The molecule has 2 aliphatic rings. The lowest BCUT2D eigenvalue weighted by Crippen LogP contribution is -2.40. The Labute approximate surface area is 149 Å². The monoisotopic (exact) mass is 364 g/mol.